The monoisotopic (exact) mass is 447 g/mol. The Morgan fingerprint density at radius 3 is 2.18 bits per heavy atom. The second-order valence-electron chi connectivity index (χ2n) is 8.60. The van der Waals surface area contributed by atoms with E-state index in [1.54, 1.807) is 0 Å². The molecule has 1 saturated heterocycles. The van der Waals surface area contributed by atoms with Crippen LogP contribution in [0.4, 0.5) is 15.8 Å². The summed E-state index contributed by atoms with van der Waals surface area (Å²) in [6.07, 6.45) is 0. The summed E-state index contributed by atoms with van der Waals surface area (Å²) in [5.41, 5.74) is 5.24. The zero-order chi connectivity index (χ0) is 23.2. The smallest absolute Gasteiger partial charge is 0.262 e. The number of rotatable bonds is 7. The maximum atomic E-state index is 13.1. The molecular weight excluding hydrogens is 417 g/mol. The molecule has 5 nitrogen and oxygen atoms in total. The molecule has 0 bridgehead atoms. The molecule has 4 rings (SSSR count). The van der Waals surface area contributed by atoms with E-state index in [-0.39, 0.29) is 18.3 Å². The van der Waals surface area contributed by atoms with Crippen molar-refractivity contribution >= 4 is 17.3 Å². The van der Waals surface area contributed by atoms with Crippen LogP contribution in [0.15, 0.2) is 66.7 Å². The lowest BCUT2D eigenvalue weighted by molar-refractivity contribution is -0.118. The maximum absolute atomic E-state index is 13.1. The van der Waals surface area contributed by atoms with Crippen molar-refractivity contribution in [2.75, 3.05) is 43.0 Å². The molecule has 0 unspecified atom stereocenters. The van der Waals surface area contributed by atoms with Crippen LogP contribution in [0.1, 0.15) is 16.7 Å². The molecule has 1 N–H and O–H groups in total. The van der Waals surface area contributed by atoms with Crippen molar-refractivity contribution < 1.29 is 13.9 Å². The van der Waals surface area contributed by atoms with Crippen LogP contribution in [0.5, 0.6) is 5.75 Å². The van der Waals surface area contributed by atoms with Gasteiger partial charge in [0.1, 0.15) is 11.6 Å². The summed E-state index contributed by atoms with van der Waals surface area (Å²) in [7, 11) is 0. The van der Waals surface area contributed by atoms with Gasteiger partial charge >= 0.3 is 0 Å². The first kappa shape index (κ1) is 22.8. The molecule has 1 fully saturated rings. The van der Waals surface area contributed by atoms with E-state index in [0.717, 1.165) is 60.8 Å². The highest BCUT2D eigenvalue weighted by Crippen LogP contribution is 2.21. The lowest BCUT2D eigenvalue weighted by Gasteiger charge is -2.36. The third-order valence-electron chi connectivity index (χ3n) is 5.77. The second-order valence-corrected chi connectivity index (χ2v) is 8.60. The zero-order valence-electron chi connectivity index (χ0n) is 19.2. The average molecular weight is 448 g/mol. The number of nitrogens with zero attached hydrogens (tertiary/aromatic N) is 2. The van der Waals surface area contributed by atoms with E-state index in [9.17, 15) is 9.18 Å². The van der Waals surface area contributed by atoms with Gasteiger partial charge < -0.3 is 15.0 Å². The number of aryl methyl sites for hydroxylation is 2. The van der Waals surface area contributed by atoms with Gasteiger partial charge in [-0.1, -0.05) is 18.2 Å². The number of hydrogen-bond donors (Lipinski definition) is 1. The van der Waals surface area contributed by atoms with Crippen molar-refractivity contribution in [2.24, 2.45) is 0 Å². The number of nitrogens with one attached hydrogen (secondary N) is 1. The average Bonchev–Trinajstić information content (AvgIpc) is 2.80. The summed E-state index contributed by atoms with van der Waals surface area (Å²) in [6.45, 7) is 8.58. The molecule has 6 heteroatoms. The number of anilines is 2. The molecule has 0 radical (unpaired) electrons. The predicted octanol–water partition coefficient (Wildman–Crippen LogP) is 4.78. The van der Waals surface area contributed by atoms with Gasteiger partial charge in [-0.05, 0) is 79.1 Å². The highest BCUT2D eigenvalue weighted by Gasteiger charge is 2.17. The van der Waals surface area contributed by atoms with E-state index < -0.39 is 0 Å². The molecule has 0 saturated carbocycles. The molecule has 33 heavy (non-hydrogen) atoms. The normalized spacial score (nSPS) is 14.2. The van der Waals surface area contributed by atoms with E-state index in [1.165, 1.54) is 12.1 Å². The van der Waals surface area contributed by atoms with Crippen LogP contribution in [-0.4, -0.2) is 43.6 Å². The van der Waals surface area contributed by atoms with Crippen molar-refractivity contribution in [1.29, 1.82) is 0 Å². The maximum Gasteiger partial charge on any atom is 0.262 e. The largest absolute Gasteiger partial charge is 0.484 e. The minimum Gasteiger partial charge on any atom is -0.484 e. The van der Waals surface area contributed by atoms with Gasteiger partial charge in [0.15, 0.2) is 6.61 Å². The van der Waals surface area contributed by atoms with Gasteiger partial charge in [0.2, 0.25) is 0 Å². The number of hydrogen-bond acceptors (Lipinski definition) is 4. The number of piperazine rings is 1. The molecule has 0 aliphatic carbocycles. The Kier molecular flexibility index (Phi) is 7.25. The van der Waals surface area contributed by atoms with Gasteiger partial charge in [0.25, 0.3) is 5.91 Å². The number of halogens is 1. The standard InChI is InChI=1S/C27H30FN3O2/c1-20-15-21(2)17-26(16-20)33-19-27(32)29-24-7-9-25(10-8-24)31-13-11-30(12-14-31)18-22-3-5-23(28)6-4-22/h3-10,15-17H,11-14,18-19H2,1-2H3,(H,29,32). The molecule has 1 aliphatic rings. The molecule has 0 atom stereocenters. The topological polar surface area (TPSA) is 44.8 Å². The minimum atomic E-state index is -0.197. The fourth-order valence-electron chi connectivity index (χ4n) is 4.13. The Bertz CT molecular complexity index is 1060. The second kappa shape index (κ2) is 10.5. The van der Waals surface area contributed by atoms with Crippen LogP contribution in [-0.2, 0) is 11.3 Å². The highest BCUT2D eigenvalue weighted by atomic mass is 19.1. The van der Waals surface area contributed by atoms with Gasteiger partial charge in [-0.2, -0.15) is 0 Å². The third kappa shape index (κ3) is 6.56. The summed E-state index contributed by atoms with van der Waals surface area (Å²) in [6, 6.07) is 20.6. The van der Waals surface area contributed by atoms with E-state index in [1.807, 2.05) is 62.4 Å². The summed E-state index contributed by atoms with van der Waals surface area (Å²) >= 11 is 0. The Hall–Kier alpha value is -3.38. The number of carbonyl (C=O) groups is 1. The number of amides is 1. The molecule has 1 heterocycles. The molecule has 3 aromatic carbocycles. The van der Waals surface area contributed by atoms with Crippen molar-refractivity contribution in [3.05, 3.63) is 89.2 Å². The first-order valence-electron chi connectivity index (χ1n) is 11.3. The Labute approximate surface area is 194 Å². The van der Waals surface area contributed by atoms with Gasteiger partial charge in [0.05, 0.1) is 0 Å². The molecule has 0 aromatic heterocycles. The SMILES string of the molecule is Cc1cc(C)cc(OCC(=O)Nc2ccc(N3CCN(Cc4ccc(F)cc4)CC3)cc2)c1. The third-order valence-corrected chi connectivity index (χ3v) is 5.77. The van der Waals surface area contributed by atoms with E-state index in [2.05, 4.69) is 21.2 Å². The van der Waals surface area contributed by atoms with Crippen molar-refractivity contribution in [3.8, 4) is 5.75 Å². The lowest BCUT2D eigenvalue weighted by Crippen LogP contribution is -2.45. The molecule has 1 amide bonds. The van der Waals surface area contributed by atoms with E-state index in [4.69, 9.17) is 4.74 Å². The highest BCUT2D eigenvalue weighted by molar-refractivity contribution is 5.92. The van der Waals surface area contributed by atoms with Gasteiger partial charge in [0, 0.05) is 44.1 Å². The fourth-order valence-corrected chi connectivity index (χ4v) is 4.13. The van der Waals surface area contributed by atoms with Crippen molar-refractivity contribution in [2.45, 2.75) is 20.4 Å². The molecule has 0 spiro atoms. The molecule has 172 valence electrons. The van der Waals surface area contributed by atoms with Gasteiger partial charge in [-0.25, -0.2) is 4.39 Å². The predicted molar refractivity (Wildman–Crippen MR) is 130 cm³/mol. The van der Waals surface area contributed by atoms with Crippen LogP contribution >= 0.6 is 0 Å². The van der Waals surface area contributed by atoms with Crippen LogP contribution in [0.3, 0.4) is 0 Å². The molecule has 1 aliphatic heterocycles. The Morgan fingerprint density at radius 1 is 0.909 bits per heavy atom. The van der Waals surface area contributed by atoms with Gasteiger partial charge in [-0.15, -0.1) is 0 Å². The van der Waals surface area contributed by atoms with Crippen molar-refractivity contribution in [1.82, 2.24) is 4.90 Å². The summed E-state index contributed by atoms with van der Waals surface area (Å²) in [4.78, 5) is 17.0. The summed E-state index contributed by atoms with van der Waals surface area (Å²) < 4.78 is 18.7. The summed E-state index contributed by atoms with van der Waals surface area (Å²) in [5, 5.41) is 2.89. The van der Waals surface area contributed by atoms with E-state index in [0.29, 0.717) is 5.75 Å². The van der Waals surface area contributed by atoms with E-state index >= 15 is 0 Å². The van der Waals surface area contributed by atoms with Crippen LogP contribution in [0, 0.1) is 19.7 Å². The van der Waals surface area contributed by atoms with Crippen LogP contribution in [0.25, 0.3) is 0 Å². The number of ether oxygens (including phenoxy) is 1. The Morgan fingerprint density at radius 2 is 1.55 bits per heavy atom. The number of benzene rings is 3. The molecular formula is C27H30FN3O2. The van der Waals surface area contributed by atoms with Crippen LogP contribution < -0.4 is 15.0 Å². The Balaban J connectivity index is 1.23. The quantitative estimate of drug-likeness (QED) is 0.566. The molecule has 3 aromatic rings. The lowest BCUT2D eigenvalue weighted by atomic mass is 10.1. The van der Waals surface area contributed by atoms with Crippen LogP contribution in [0.2, 0.25) is 0 Å². The van der Waals surface area contributed by atoms with Gasteiger partial charge in [-0.3, -0.25) is 9.69 Å². The summed E-state index contributed by atoms with van der Waals surface area (Å²) in [5.74, 6) is 0.324. The first-order valence-corrected chi connectivity index (χ1v) is 11.3. The zero-order valence-corrected chi connectivity index (χ0v) is 19.2. The fraction of sp³-hybridized carbons (Fsp3) is 0.296. The first-order chi connectivity index (χ1) is 15.9. The number of carbonyl (C=O) groups excluding carboxylic acids is 1. The minimum absolute atomic E-state index is 0.0271. The van der Waals surface area contributed by atoms with Crippen molar-refractivity contribution in [3.63, 3.8) is 0 Å².